The fraction of sp³-hybridized carbons (Fsp3) is 0.600. The monoisotopic (exact) mass is 505 g/mol. The van der Waals surface area contributed by atoms with Crippen molar-refractivity contribution in [2.75, 3.05) is 26.2 Å². The van der Waals surface area contributed by atoms with Crippen LogP contribution in [0.4, 0.5) is 26.3 Å². The number of likely N-dealkylation sites (tertiary alicyclic amines) is 1. The molecule has 0 unspecified atom stereocenters. The van der Waals surface area contributed by atoms with E-state index in [2.05, 4.69) is 11.8 Å². The molecule has 1 heterocycles. The number of hydrogen-bond acceptors (Lipinski definition) is 4. The SMILES string of the molecule is CC(C)(CO)C1CCN(CC#Cc2cc(C(F)(F)F)cc(C(F)(F)F)c2)CC1.O=S(=O)(O)O. The summed E-state index contributed by atoms with van der Waals surface area (Å²) in [6.45, 7) is 5.80. The summed E-state index contributed by atoms with van der Waals surface area (Å²) >= 11 is 0. The van der Waals surface area contributed by atoms with E-state index in [-0.39, 0.29) is 30.2 Å². The second-order valence-electron chi connectivity index (χ2n) is 8.24. The zero-order valence-electron chi connectivity index (χ0n) is 17.8. The van der Waals surface area contributed by atoms with Gasteiger partial charge < -0.3 is 5.11 Å². The smallest absolute Gasteiger partial charge is 0.396 e. The molecule has 6 nitrogen and oxygen atoms in total. The van der Waals surface area contributed by atoms with Crippen molar-refractivity contribution in [1.82, 2.24) is 4.90 Å². The highest BCUT2D eigenvalue weighted by Crippen LogP contribution is 2.36. The Morgan fingerprint density at radius 3 is 1.76 bits per heavy atom. The maximum Gasteiger partial charge on any atom is 0.416 e. The number of nitrogens with zero attached hydrogens (tertiary/aromatic N) is 1. The highest BCUT2D eigenvalue weighted by atomic mass is 32.3. The van der Waals surface area contributed by atoms with Gasteiger partial charge in [0.2, 0.25) is 0 Å². The van der Waals surface area contributed by atoms with Crippen molar-refractivity contribution in [3.8, 4) is 11.8 Å². The van der Waals surface area contributed by atoms with Crippen molar-refractivity contribution in [1.29, 1.82) is 0 Å². The molecule has 1 aliphatic rings. The van der Waals surface area contributed by atoms with Gasteiger partial charge in [-0.3, -0.25) is 14.0 Å². The average molecular weight is 505 g/mol. The van der Waals surface area contributed by atoms with E-state index in [1.54, 1.807) is 0 Å². The van der Waals surface area contributed by atoms with Gasteiger partial charge in [0.25, 0.3) is 0 Å². The summed E-state index contributed by atoms with van der Waals surface area (Å²) in [4.78, 5) is 2.01. The summed E-state index contributed by atoms with van der Waals surface area (Å²) < 4.78 is 109. The largest absolute Gasteiger partial charge is 0.416 e. The van der Waals surface area contributed by atoms with Crippen LogP contribution in [0.3, 0.4) is 0 Å². The standard InChI is InChI=1S/C20H23F6NO.H2O4S/c1-18(2,13-28)15-5-8-27(9-6-15)7-3-4-14-10-16(19(21,22)23)12-17(11-14)20(24,25)26;1-5(2,3)4/h10-12,15,28H,5-9,13H2,1-2H3;(H2,1,2,3,4). The number of benzene rings is 1. The number of aliphatic hydroxyl groups is 1. The normalized spacial score (nSPS) is 16.5. The zero-order valence-corrected chi connectivity index (χ0v) is 18.6. The first-order valence-corrected chi connectivity index (χ1v) is 11.0. The van der Waals surface area contributed by atoms with Crippen molar-refractivity contribution in [3.05, 3.63) is 34.9 Å². The molecule has 2 rings (SSSR count). The van der Waals surface area contributed by atoms with Crippen molar-refractivity contribution < 1.29 is 49.0 Å². The van der Waals surface area contributed by atoms with Crippen LogP contribution in [0.25, 0.3) is 0 Å². The number of piperidine rings is 1. The molecule has 1 saturated heterocycles. The van der Waals surface area contributed by atoms with Gasteiger partial charge in [0.1, 0.15) is 0 Å². The van der Waals surface area contributed by atoms with Crippen molar-refractivity contribution in [2.45, 2.75) is 39.0 Å². The molecule has 13 heteroatoms. The van der Waals surface area contributed by atoms with Crippen molar-refractivity contribution in [3.63, 3.8) is 0 Å². The minimum absolute atomic E-state index is 0.0918. The van der Waals surface area contributed by atoms with Gasteiger partial charge in [-0.1, -0.05) is 25.7 Å². The maximum atomic E-state index is 12.9. The summed E-state index contributed by atoms with van der Waals surface area (Å²) in [5.74, 6) is 5.49. The molecule has 1 aliphatic heterocycles. The van der Waals surface area contributed by atoms with Crippen LogP contribution in [0.2, 0.25) is 0 Å². The highest BCUT2D eigenvalue weighted by molar-refractivity contribution is 7.79. The third-order valence-corrected chi connectivity index (χ3v) is 5.22. The van der Waals surface area contributed by atoms with Crippen LogP contribution in [0, 0.1) is 23.2 Å². The fourth-order valence-corrected chi connectivity index (χ4v) is 3.28. The Kier molecular flexibility index (Phi) is 9.77. The molecule has 1 aromatic rings. The predicted molar refractivity (Wildman–Crippen MR) is 108 cm³/mol. The summed E-state index contributed by atoms with van der Waals surface area (Å²) in [5, 5.41) is 9.44. The first-order chi connectivity index (χ1) is 14.8. The van der Waals surface area contributed by atoms with Crippen LogP contribution in [0.1, 0.15) is 43.4 Å². The molecule has 0 atom stereocenters. The van der Waals surface area contributed by atoms with Gasteiger partial charge in [0.15, 0.2) is 0 Å². The Morgan fingerprint density at radius 1 is 0.970 bits per heavy atom. The van der Waals surface area contributed by atoms with Gasteiger partial charge in [0, 0.05) is 12.2 Å². The van der Waals surface area contributed by atoms with Crippen LogP contribution in [-0.4, -0.2) is 53.8 Å². The molecular formula is C20H25F6NO5S. The van der Waals surface area contributed by atoms with Crippen molar-refractivity contribution in [2.24, 2.45) is 11.3 Å². The Bertz CT molecular complexity index is 916. The van der Waals surface area contributed by atoms with Gasteiger partial charge in [0.05, 0.1) is 17.7 Å². The molecular weight excluding hydrogens is 480 g/mol. The number of hydrogen-bond donors (Lipinski definition) is 3. The number of halogens is 6. The molecule has 33 heavy (non-hydrogen) atoms. The van der Waals surface area contributed by atoms with Crippen LogP contribution < -0.4 is 0 Å². The summed E-state index contributed by atoms with van der Waals surface area (Å²) in [6, 6.07) is 1.37. The van der Waals surface area contributed by atoms with Crippen LogP contribution >= 0.6 is 0 Å². The second kappa shape index (κ2) is 11.1. The zero-order chi connectivity index (χ0) is 25.7. The Hall–Kier alpha value is -1.85. The third-order valence-electron chi connectivity index (χ3n) is 5.22. The lowest BCUT2D eigenvalue weighted by Gasteiger charge is -2.39. The predicted octanol–water partition coefficient (Wildman–Crippen LogP) is 4.15. The molecule has 0 spiro atoms. The van der Waals surface area contributed by atoms with Gasteiger partial charge in [-0.05, 0) is 55.5 Å². The lowest BCUT2D eigenvalue weighted by molar-refractivity contribution is -0.143. The molecule has 0 saturated carbocycles. The highest BCUT2D eigenvalue weighted by Gasteiger charge is 2.37. The van der Waals surface area contributed by atoms with Gasteiger partial charge in [-0.25, -0.2) is 0 Å². The molecule has 1 aromatic carbocycles. The number of rotatable bonds is 3. The molecule has 0 aromatic heterocycles. The lowest BCUT2D eigenvalue weighted by Crippen LogP contribution is -2.40. The van der Waals surface area contributed by atoms with Crippen LogP contribution in [0.15, 0.2) is 18.2 Å². The first kappa shape index (κ1) is 29.2. The number of alkyl halides is 6. The van der Waals surface area contributed by atoms with E-state index >= 15 is 0 Å². The second-order valence-corrected chi connectivity index (χ2v) is 9.14. The Labute approximate surface area is 188 Å². The van der Waals surface area contributed by atoms with E-state index in [4.69, 9.17) is 17.5 Å². The van der Waals surface area contributed by atoms with Gasteiger partial charge in [-0.15, -0.1) is 0 Å². The molecule has 0 aliphatic carbocycles. The van der Waals surface area contributed by atoms with Gasteiger partial charge in [-0.2, -0.15) is 34.8 Å². The van der Waals surface area contributed by atoms with E-state index in [0.717, 1.165) is 25.9 Å². The topological polar surface area (TPSA) is 98.1 Å². The first-order valence-electron chi connectivity index (χ1n) is 9.64. The Balaban J connectivity index is 0.000000981. The molecule has 3 N–H and O–H groups in total. The minimum atomic E-state index is -4.88. The number of aliphatic hydroxyl groups excluding tert-OH is 1. The molecule has 0 radical (unpaired) electrons. The lowest BCUT2D eigenvalue weighted by atomic mass is 9.74. The molecule has 1 fully saturated rings. The third kappa shape index (κ3) is 10.7. The quantitative estimate of drug-likeness (QED) is 0.324. The van der Waals surface area contributed by atoms with Crippen LogP contribution in [-0.2, 0) is 22.8 Å². The maximum absolute atomic E-state index is 12.9. The van der Waals surface area contributed by atoms with E-state index in [1.165, 1.54) is 0 Å². The summed E-state index contributed by atoms with van der Waals surface area (Å²) in [7, 11) is -4.67. The summed E-state index contributed by atoms with van der Waals surface area (Å²) in [6.07, 6.45) is -8.04. The van der Waals surface area contributed by atoms with E-state index in [9.17, 15) is 31.4 Å². The van der Waals surface area contributed by atoms with Crippen LogP contribution in [0.5, 0.6) is 0 Å². The Morgan fingerprint density at radius 2 is 1.39 bits per heavy atom. The fourth-order valence-electron chi connectivity index (χ4n) is 3.28. The minimum Gasteiger partial charge on any atom is -0.396 e. The molecule has 188 valence electrons. The van der Waals surface area contributed by atoms with E-state index in [0.29, 0.717) is 18.1 Å². The van der Waals surface area contributed by atoms with Crippen molar-refractivity contribution >= 4 is 10.4 Å². The summed E-state index contributed by atoms with van der Waals surface area (Å²) in [5.41, 5.74) is -3.21. The average Bonchev–Trinajstić information content (AvgIpc) is 2.65. The van der Waals surface area contributed by atoms with E-state index < -0.39 is 33.9 Å². The molecule has 0 bridgehead atoms. The van der Waals surface area contributed by atoms with E-state index in [1.807, 2.05) is 18.7 Å². The molecule has 0 amide bonds. The van der Waals surface area contributed by atoms with Gasteiger partial charge >= 0.3 is 22.8 Å².